The van der Waals surface area contributed by atoms with Crippen molar-refractivity contribution >= 4 is 17.0 Å². The Kier molecular flexibility index (Phi) is 2.42. The molecule has 1 aliphatic rings. The molecule has 1 atom stereocenters. The number of anilines is 1. The number of nitrogens with two attached hydrogens (primary N) is 1. The van der Waals surface area contributed by atoms with E-state index in [9.17, 15) is 8.78 Å². The second-order valence-electron chi connectivity index (χ2n) is 4.93. The van der Waals surface area contributed by atoms with E-state index in [1.165, 1.54) is 10.6 Å². The largest absolute Gasteiger partial charge is 0.491 e. The third-order valence-electron chi connectivity index (χ3n) is 3.76. The van der Waals surface area contributed by atoms with Crippen LogP contribution in [0.25, 0.3) is 11.0 Å². The number of halogens is 2. The van der Waals surface area contributed by atoms with Gasteiger partial charge in [0.15, 0.2) is 11.6 Å². The van der Waals surface area contributed by atoms with Crippen LogP contribution in [0.3, 0.4) is 0 Å². The van der Waals surface area contributed by atoms with E-state index in [-0.39, 0.29) is 17.5 Å². The van der Waals surface area contributed by atoms with Crippen molar-refractivity contribution in [3.63, 3.8) is 0 Å². The van der Waals surface area contributed by atoms with Crippen LogP contribution in [-0.2, 0) is 0 Å². The van der Waals surface area contributed by atoms with Crippen LogP contribution in [0, 0.1) is 11.6 Å². The summed E-state index contributed by atoms with van der Waals surface area (Å²) in [6, 6.07) is 9.60. The van der Waals surface area contributed by atoms with Gasteiger partial charge in [0.1, 0.15) is 17.9 Å². The maximum absolute atomic E-state index is 14.2. The summed E-state index contributed by atoms with van der Waals surface area (Å²) in [5, 5.41) is 0. The first kappa shape index (κ1) is 12.1. The lowest BCUT2D eigenvalue weighted by Gasteiger charge is -2.14. The van der Waals surface area contributed by atoms with Gasteiger partial charge in [-0.1, -0.05) is 18.2 Å². The minimum atomic E-state index is -0.943. The van der Waals surface area contributed by atoms with E-state index in [0.29, 0.717) is 12.1 Å². The summed E-state index contributed by atoms with van der Waals surface area (Å²) >= 11 is 0. The Labute approximate surface area is 118 Å². The molecule has 6 heteroatoms. The number of nitrogens with zero attached hydrogens (tertiary/aromatic N) is 2. The van der Waals surface area contributed by atoms with Crippen molar-refractivity contribution in [2.45, 2.75) is 6.04 Å². The second-order valence-corrected chi connectivity index (χ2v) is 4.93. The smallest absolute Gasteiger partial charge is 0.202 e. The lowest BCUT2D eigenvalue weighted by Crippen LogP contribution is -2.15. The summed E-state index contributed by atoms with van der Waals surface area (Å²) in [6.45, 7) is 0.310. The van der Waals surface area contributed by atoms with Gasteiger partial charge in [-0.25, -0.2) is 13.8 Å². The molecular weight excluding hydrogens is 276 g/mol. The van der Waals surface area contributed by atoms with Crippen LogP contribution >= 0.6 is 0 Å². The Bertz CT molecular complexity index is 859. The summed E-state index contributed by atoms with van der Waals surface area (Å²) in [6.07, 6.45) is 0. The van der Waals surface area contributed by atoms with E-state index >= 15 is 0 Å². The van der Waals surface area contributed by atoms with Gasteiger partial charge in [-0.05, 0) is 18.2 Å². The fourth-order valence-electron chi connectivity index (χ4n) is 2.82. The van der Waals surface area contributed by atoms with Crippen molar-refractivity contribution in [1.82, 2.24) is 9.55 Å². The Hall–Kier alpha value is -2.63. The number of hydrogen-bond donors (Lipinski definition) is 1. The molecule has 0 radical (unpaired) electrons. The monoisotopic (exact) mass is 287 g/mol. The average molecular weight is 287 g/mol. The number of rotatable bonds is 1. The number of hydrogen-bond acceptors (Lipinski definition) is 3. The summed E-state index contributed by atoms with van der Waals surface area (Å²) in [7, 11) is 0. The third kappa shape index (κ3) is 1.62. The predicted octanol–water partition coefficient (Wildman–Crippen LogP) is 2.88. The summed E-state index contributed by atoms with van der Waals surface area (Å²) in [4.78, 5) is 4.11. The zero-order valence-corrected chi connectivity index (χ0v) is 10.9. The van der Waals surface area contributed by atoms with Crippen LogP contribution in [-0.4, -0.2) is 16.2 Å². The van der Waals surface area contributed by atoms with E-state index in [1.807, 2.05) is 24.3 Å². The van der Waals surface area contributed by atoms with Gasteiger partial charge in [0.2, 0.25) is 5.95 Å². The molecule has 0 saturated carbocycles. The third-order valence-corrected chi connectivity index (χ3v) is 3.76. The van der Waals surface area contributed by atoms with Crippen LogP contribution in [0.2, 0.25) is 0 Å². The van der Waals surface area contributed by atoms with Gasteiger partial charge in [0.05, 0.1) is 11.6 Å². The highest BCUT2D eigenvalue weighted by molar-refractivity contribution is 5.79. The van der Waals surface area contributed by atoms with Crippen molar-refractivity contribution in [2.24, 2.45) is 0 Å². The van der Waals surface area contributed by atoms with Gasteiger partial charge in [-0.3, -0.25) is 4.57 Å². The molecule has 1 aliphatic heterocycles. The SMILES string of the molecule is Nc1nc2ccc(F)c(F)c2n1C1COc2ccccc21. The fourth-order valence-corrected chi connectivity index (χ4v) is 2.82. The number of imidazole rings is 1. The van der Waals surface area contributed by atoms with Crippen LogP contribution in [0.15, 0.2) is 36.4 Å². The van der Waals surface area contributed by atoms with Crippen LogP contribution in [0.1, 0.15) is 11.6 Å². The Morgan fingerprint density at radius 3 is 2.86 bits per heavy atom. The molecule has 4 rings (SSSR count). The summed E-state index contributed by atoms with van der Waals surface area (Å²) in [5.74, 6) is -1.00. The van der Waals surface area contributed by atoms with Gasteiger partial charge < -0.3 is 10.5 Å². The van der Waals surface area contributed by atoms with Gasteiger partial charge in [0.25, 0.3) is 0 Å². The summed E-state index contributed by atoms with van der Waals surface area (Å²) in [5.41, 5.74) is 7.19. The van der Waals surface area contributed by atoms with Crippen molar-refractivity contribution in [3.8, 4) is 5.75 Å². The van der Waals surface area contributed by atoms with Crippen molar-refractivity contribution in [3.05, 3.63) is 53.6 Å². The maximum Gasteiger partial charge on any atom is 0.202 e. The van der Waals surface area contributed by atoms with Crippen LogP contribution in [0.5, 0.6) is 5.75 Å². The van der Waals surface area contributed by atoms with E-state index in [2.05, 4.69) is 4.98 Å². The first-order valence-corrected chi connectivity index (χ1v) is 6.50. The molecule has 0 saturated heterocycles. The number of para-hydroxylation sites is 1. The Balaban J connectivity index is 2.00. The molecule has 1 unspecified atom stereocenters. The first-order valence-electron chi connectivity index (χ1n) is 6.50. The van der Waals surface area contributed by atoms with E-state index in [1.54, 1.807) is 0 Å². The lowest BCUT2D eigenvalue weighted by atomic mass is 10.1. The molecule has 2 heterocycles. The second kappa shape index (κ2) is 4.18. The Morgan fingerprint density at radius 1 is 1.19 bits per heavy atom. The number of ether oxygens (including phenoxy) is 1. The lowest BCUT2D eigenvalue weighted by molar-refractivity contribution is 0.319. The number of fused-ring (bicyclic) bond motifs is 2. The quantitative estimate of drug-likeness (QED) is 0.748. The molecular formula is C15H11F2N3O. The van der Waals surface area contributed by atoms with Gasteiger partial charge in [0, 0.05) is 5.56 Å². The van der Waals surface area contributed by atoms with Gasteiger partial charge >= 0.3 is 0 Å². The molecule has 0 aliphatic carbocycles. The average Bonchev–Trinajstić information content (AvgIpc) is 3.04. The van der Waals surface area contributed by atoms with E-state index in [0.717, 1.165) is 17.4 Å². The molecule has 4 nitrogen and oxygen atoms in total. The van der Waals surface area contributed by atoms with Gasteiger partial charge in [-0.15, -0.1) is 0 Å². The number of benzene rings is 2. The molecule has 0 fully saturated rings. The molecule has 0 spiro atoms. The molecule has 106 valence electrons. The van der Waals surface area contributed by atoms with Crippen LogP contribution < -0.4 is 10.5 Å². The number of nitrogen functional groups attached to an aromatic ring is 1. The van der Waals surface area contributed by atoms with E-state index < -0.39 is 11.6 Å². The first-order chi connectivity index (χ1) is 10.2. The summed E-state index contributed by atoms with van der Waals surface area (Å²) < 4.78 is 34.8. The van der Waals surface area contributed by atoms with Crippen molar-refractivity contribution < 1.29 is 13.5 Å². The highest BCUT2D eigenvalue weighted by Gasteiger charge is 2.29. The maximum atomic E-state index is 14.2. The highest BCUT2D eigenvalue weighted by atomic mass is 19.2. The predicted molar refractivity (Wildman–Crippen MR) is 74.1 cm³/mol. The van der Waals surface area contributed by atoms with Crippen molar-refractivity contribution in [2.75, 3.05) is 12.3 Å². The van der Waals surface area contributed by atoms with Crippen LogP contribution in [0.4, 0.5) is 14.7 Å². The molecule has 0 amide bonds. The molecule has 3 aromatic rings. The minimum absolute atomic E-state index is 0.0674. The van der Waals surface area contributed by atoms with Gasteiger partial charge in [-0.2, -0.15) is 0 Å². The van der Waals surface area contributed by atoms with Crippen molar-refractivity contribution in [1.29, 1.82) is 0 Å². The topological polar surface area (TPSA) is 53.1 Å². The normalized spacial score (nSPS) is 17.0. The fraction of sp³-hybridized carbons (Fsp3) is 0.133. The molecule has 2 aromatic carbocycles. The molecule has 0 bridgehead atoms. The minimum Gasteiger partial charge on any atom is -0.491 e. The highest BCUT2D eigenvalue weighted by Crippen LogP contribution is 2.38. The molecule has 21 heavy (non-hydrogen) atoms. The Morgan fingerprint density at radius 2 is 2.00 bits per heavy atom. The number of aromatic nitrogens is 2. The zero-order valence-electron chi connectivity index (χ0n) is 10.9. The zero-order chi connectivity index (χ0) is 14.6. The molecule has 2 N–H and O–H groups in total. The molecule has 1 aromatic heterocycles. The van der Waals surface area contributed by atoms with E-state index in [4.69, 9.17) is 10.5 Å². The standard InChI is InChI=1S/C15H11F2N3O/c16-9-5-6-10-14(13(9)17)20(15(18)19-10)11-7-21-12-4-2-1-3-8(11)12/h1-6,11H,7H2,(H2,18,19).